The molecular weight excluding hydrogens is 395 g/mol. The van der Waals surface area contributed by atoms with Gasteiger partial charge in [0.2, 0.25) is 0 Å². The molecule has 1 aliphatic rings. The molecule has 7 nitrogen and oxygen atoms in total. The molecule has 1 aromatic carbocycles. The van der Waals surface area contributed by atoms with E-state index in [0.29, 0.717) is 39.6 Å². The summed E-state index contributed by atoms with van der Waals surface area (Å²) in [6, 6.07) is 8.81. The Balaban J connectivity index is 1.72. The molecule has 0 saturated carbocycles. The predicted octanol–water partition coefficient (Wildman–Crippen LogP) is 3.31. The fourth-order valence-corrected chi connectivity index (χ4v) is 4.38. The van der Waals surface area contributed by atoms with E-state index in [1.165, 1.54) is 12.3 Å². The zero-order valence-electron chi connectivity index (χ0n) is 16.7. The molecule has 1 saturated heterocycles. The number of aromatic nitrogens is 4. The van der Waals surface area contributed by atoms with Crippen molar-refractivity contribution in [3.05, 3.63) is 65.2 Å². The third-order valence-corrected chi connectivity index (χ3v) is 5.91. The van der Waals surface area contributed by atoms with Gasteiger partial charge in [0.25, 0.3) is 5.56 Å². The van der Waals surface area contributed by atoms with Gasteiger partial charge in [0.05, 0.1) is 36.0 Å². The third kappa shape index (κ3) is 3.43. The molecule has 0 spiro atoms. The smallest absolute Gasteiger partial charge is 0.269 e. The summed E-state index contributed by atoms with van der Waals surface area (Å²) in [6.07, 6.45) is 7.65. The van der Waals surface area contributed by atoms with Gasteiger partial charge in [-0.2, -0.15) is 5.26 Å². The number of piperidine rings is 1. The Morgan fingerprint density at radius 2 is 1.84 bits per heavy atom. The first kappa shape index (κ1) is 19.3. The summed E-state index contributed by atoms with van der Waals surface area (Å²) in [5.74, 6) is -0.381. The van der Waals surface area contributed by atoms with Crippen LogP contribution in [-0.2, 0) is 0 Å². The van der Waals surface area contributed by atoms with Gasteiger partial charge in [-0.3, -0.25) is 19.7 Å². The number of nitriles is 1. The van der Waals surface area contributed by atoms with Crippen molar-refractivity contribution in [2.75, 3.05) is 19.6 Å². The number of nitrogens with zero attached hydrogens (tertiary/aromatic N) is 6. The van der Waals surface area contributed by atoms with Gasteiger partial charge in [-0.05, 0) is 36.6 Å². The zero-order chi connectivity index (χ0) is 21.4. The van der Waals surface area contributed by atoms with Crippen LogP contribution < -0.4 is 5.56 Å². The van der Waals surface area contributed by atoms with E-state index in [2.05, 4.69) is 25.9 Å². The quantitative estimate of drug-likeness (QED) is 0.378. The molecule has 1 fully saturated rings. The van der Waals surface area contributed by atoms with E-state index >= 15 is 0 Å². The summed E-state index contributed by atoms with van der Waals surface area (Å²) in [5.41, 5.74) is 2.69. The van der Waals surface area contributed by atoms with E-state index in [-0.39, 0.29) is 17.4 Å². The minimum Gasteiger partial charge on any atom is -0.302 e. The van der Waals surface area contributed by atoms with Crippen molar-refractivity contribution < 1.29 is 4.39 Å². The average Bonchev–Trinajstić information content (AvgIpc) is 2.80. The lowest BCUT2D eigenvalue weighted by atomic mass is 10.0. The van der Waals surface area contributed by atoms with E-state index in [4.69, 9.17) is 5.26 Å². The molecule has 8 heteroatoms. The number of pyridine rings is 2. The summed E-state index contributed by atoms with van der Waals surface area (Å²) in [7, 11) is 0. The van der Waals surface area contributed by atoms with Crippen LogP contribution in [0.4, 0.5) is 4.39 Å². The maximum atomic E-state index is 14.9. The molecule has 31 heavy (non-hydrogen) atoms. The van der Waals surface area contributed by atoms with Crippen LogP contribution in [0.5, 0.6) is 0 Å². The van der Waals surface area contributed by atoms with E-state index in [1.807, 2.05) is 0 Å². The number of likely N-dealkylation sites (tertiary alicyclic amines) is 1. The number of rotatable bonds is 3. The summed E-state index contributed by atoms with van der Waals surface area (Å²) in [4.78, 5) is 27.7. The lowest BCUT2D eigenvalue weighted by Crippen LogP contribution is -2.37. The van der Waals surface area contributed by atoms with Crippen molar-refractivity contribution in [3.63, 3.8) is 0 Å². The Kier molecular flexibility index (Phi) is 4.88. The Hall–Kier alpha value is -3.70. The Bertz CT molecular complexity index is 1370. The molecule has 1 aliphatic heterocycles. The van der Waals surface area contributed by atoms with Gasteiger partial charge in [0, 0.05) is 48.5 Å². The number of fused-ring (bicyclic) bond motifs is 3. The SMILES string of the molecule is N#CCN1CCC(n2c(=O)cnc3cnc4cc(F)c(-c5ccncc5)cc4c32)CC1. The van der Waals surface area contributed by atoms with Crippen LogP contribution >= 0.6 is 0 Å². The molecule has 4 aromatic rings. The molecule has 0 N–H and O–H groups in total. The number of hydrogen-bond acceptors (Lipinski definition) is 6. The van der Waals surface area contributed by atoms with Crippen LogP contribution in [0.3, 0.4) is 0 Å². The highest BCUT2D eigenvalue weighted by molar-refractivity contribution is 6.03. The summed E-state index contributed by atoms with van der Waals surface area (Å²) in [5, 5.41) is 9.64. The highest BCUT2D eigenvalue weighted by Crippen LogP contribution is 2.32. The highest BCUT2D eigenvalue weighted by atomic mass is 19.1. The first-order chi connectivity index (χ1) is 15.2. The zero-order valence-corrected chi connectivity index (χ0v) is 16.7. The van der Waals surface area contributed by atoms with Gasteiger partial charge in [0.15, 0.2) is 0 Å². The molecule has 5 rings (SSSR count). The van der Waals surface area contributed by atoms with E-state index in [0.717, 1.165) is 25.9 Å². The van der Waals surface area contributed by atoms with Crippen molar-refractivity contribution in [1.82, 2.24) is 24.4 Å². The van der Waals surface area contributed by atoms with Crippen molar-refractivity contribution in [3.8, 4) is 17.2 Å². The van der Waals surface area contributed by atoms with E-state index in [9.17, 15) is 9.18 Å². The van der Waals surface area contributed by atoms with Gasteiger partial charge in [-0.15, -0.1) is 0 Å². The van der Waals surface area contributed by atoms with Crippen LogP contribution in [0.25, 0.3) is 33.1 Å². The molecular formula is C23H19FN6O. The molecule has 0 unspecified atom stereocenters. The van der Waals surface area contributed by atoms with Crippen molar-refractivity contribution in [2.24, 2.45) is 0 Å². The highest BCUT2D eigenvalue weighted by Gasteiger charge is 2.24. The minimum atomic E-state index is -0.381. The molecule has 0 radical (unpaired) electrons. The van der Waals surface area contributed by atoms with Crippen molar-refractivity contribution in [2.45, 2.75) is 18.9 Å². The van der Waals surface area contributed by atoms with Crippen LogP contribution in [-0.4, -0.2) is 44.1 Å². The van der Waals surface area contributed by atoms with E-state index < -0.39 is 0 Å². The topological polar surface area (TPSA) is 87.7 Å². The second kappa shape index (κ2) is 7.85. The van der Waals surface area contributed by atoms with Crippen LogP contribution in [0.2, 0.25) is 0 Å². The molecule has 154 valence electrons. The lowest BCUT2D eigenvalue weighted by molar-refractivity contribution is 0.205. The van der Waals surface area contributed by atoms with Gasteiger partial charge < -0.3 is 4.57 Å². The molecule has 0 atom stereocenters. The van der Waals surface area contributed by atoms with Crippen molar-refractivity contribution >= 4 is 21.9 Å². The van der Waals surface area contributed by atoms with Gasteiger partial charge >= 0.3 is 0 Å². The monoisotopic (exact) mass is 414 g/mol. The summed E-state index contributed by atoms with van der Waals surface area (Å²) in [6.45, 7) is 1.88. The van der Waals surface area contributed by atoms with Gasteiger partial charge in [-0.1, -0.05) is 0 Å². The molecule has 0 amide bonds. The third-order valence-electron chi connectivity index (χ3n) is 5.91. The number of benzene rings is 1. The second-order valence-corrected chi connectivity index (χ2v) is 7.71. The number of hydrogen-bond donors (Lipinski definition) is 0. The van der Waals surface area contributed by atoms with E-state index in [1.54, 1.807) is 41.4 Å². The Labute approximate surface area is 177 Å². The van der Waals surface area contributed by atoms with Gasteiger partial charge in [-0.25, -0.2) is 9.37 Å². The maximum Gasteiger partial charge on any atom is 0.269 e. The summed E-state index contributed by atoms with van der Waals surface area (Å²) >= 11 is 0. The Morgan fingerprint density at radius 3 is 2.58 bits per heavy atom. The molecule has 4 heterocycles. The largest absolute Gasteiger partial charge is 0.302 e. The summed E-state index contributed by atoms with van der Waals surface area (Å²) < 4.78 is 16.7. The minimum absolute atomic E-state index is 0.0204. The molecule has 0 aliphatic carbocycles. The predicted molar refractivity (Wildman–Crippen MR) is 115 cm³/mol. The van der Waals surface area contributed by atoms with Crippen LogP contribution in [0, 0.1) is 17.1 Å². The lowest BCUT2D eigenvalue weighted by Gasteiger charge is -2.32. The molecule has 0 bridgehead atoms. The fraction of sp³-hybridized carbons (Fsp3) is 0.261. The average molecular weight is 414 g/mol. The first-order valence-corrected chi connectivity index (χ1v) is 10.1. The normalized spacial score (nSPS) is 15.4. The second-order valence-electron chi connectivity index (χ2n) is 7.71. The van der Waals surface area contributed by atoms with Crippen LogP contribution in [0.1, 0.15) is 18.9 Å². The van der Waals surface area contributed by atoms with Gasteiger partial charge in [0.1, 0.15) is 11.3 Å². The first-order valence-electron chi connectivity index (χ1n) is 10.1. The fourth-order valence-electron chi connectivity index (χ4n) is 4.38. The standard InChI is InChI=1S/C23H19FN6O/c24-19-12-20-18(11-17(19)15-1-6-26-7-2-15)23-21(13-27-20)28-14-22(31)30(23)16-3-8-29(9-4-16)10-5-25/h1-2,6-7,11-14,16H,3-4,8-10H2. The van der Waals surface area contributed by atoms with Crippen molar-refractivity contribution in [1.29, 1.82) is 5.26 Å². The Morgan fingerprint density at radius 1 is 1.10 bits per heavy atom. The maximum absolute atomic E-state index is 14.9. The van der Waals surface area contributed by atoms with Crippen LogP contribution in [0.15, 0.2) is 53.8 Å². The molecule has 3 aromatic heterocycles. The number of halogens is 1.